The van der Waals surface area contributed by atoms with Crippen LogP contribution >= 0.6 is 23.2 Å². The Hall–Kier alpha value is -1.86. The molecular formula is C16H14Cl2N2O3S. The fourth-order valence-corrected chi connectivity index (χ4v) is 3.07. The van der Waals surface area contributed by atoms with Crippen molar-refractivity contribution in [2.24, 2.45) is 5.14 Å². The first kappa shape index (κ1) is 18.5. The highest BCUT2D eigenvalue weighted by Crippen LogP contribution is 2.23. The number of anilines is 1. The van der Waals surface area contributed by atoms with Crippen LogP contribution in [0.2, 0.25) is 10.0 Å². The van der Waals surface area contributed by atoms with E-state index in [1.54, 1.807) is 43.3 Å². The molecule has 1 amide bonds. The molecule has 0 fully saturated rings. The van der Waals surface area contributed by atoms with Gasteiger partial charge in [-0.05, 0) is 48.4 Å². The fraction of sp³-hybridized carbons (Fsp3) is 0.0625. The first-order valence-corrected chi connectivity index (χ1v) is 9.04. The number of nitrogens with one attached hydrogen (secondary N) is 1. The van der Waals surface area contributed by atoms with Crippen molar-refractivity contribution in [1.82, 2.24) is 0 Å². The van der Waals surface area contributed by atoms with E-state index in [9.17, 15) is 13.2 Å². The third-order valence-corrected chi connectivity index (χ3v) is 4.92. The summed E-state index contributed by atoms with van der Waals surface area (Å²) in [5.74, 6) is -0.426. The van der Waals surface area contributed by atoms with Gasteiger partial charge in [0.2, 0.25) is 15.9 Å². The molecule has 0 aromatic heterocycles. The number of amides is 1. The summed E-state index contributed by atoms with van der Waals surface area (Å²) in [4.78, 5) is 11.9. The van der Waals surface area contributed by atoms with Gasteiger partial charge in [-0.3, -0.25) is 4.79 Å². The number of sulfonamides is 1. The Kier molecular flexibility index (Phi) is 5.66. The van der Waals surface area contributed by atoms with E-state index >= 15 is 0 Å². The topological polar surface area (TPSA) is 89.3 Å². The molecule has 0 unspecified atom stereocenters. The van der Waals surface area contributed by atoms with E-state index in [0.29, 0.717) is 26.9 Å². The van der Waals surface area contributed by atoms with Gasteiger partial charge in [-0.15, -0.1) is 0 Å². The molecule has 5 nitrogen and oxygen atoms in total. The molecule has 24 heavy (non-hydrogen) atoms. The van der Waals surface area contributed by atoms with Crippen molar-refractivity contribution < 1.29 is 13.2 Å². The molecule has 3 N–H and O–H groups in total. The van der Waals surface area contributed by atoms with Crippen molar-refractivity contribution >= 4 is 50.9 Å². The second-order valence-corrected chi connectivity index (χ2v) is 7.37. The number of carbonyl (C=O) groups excluding carboxylic acids is 1. The standard InChI is InChI=1S/C16H14Cl2N2O3S/c1-10-2-5-12(9-15(10)24(19,22)23)20-16(21)7-4-11-3-6-13(17)14(18)8-11/h2-9H,1H3,(H,20,21)(H2,19,22,23)/b7-4+. The molecule has 0 heterocycles. The quantitative estimate of drug-likeness (QED) is 0.788. The lowest BCUT2D eigenvalue weighted by Gasteiger charge is -2.07. The molecule has 0 atom stereocenters. The Balaban J connectivity index is 2.15. The minimum absolute atomic E-state index is 0.0336. The van der Waals surface area contributed by atoms with Crippen molar-refractivity contribution in [2.75, 3.05) is 5.32 Å². The number of carbonyl (C=O) groups is 1. The van der Waals surface area contributed by atoms with E-state index in [0.717, 1.165) is 0 Å². The van der Waals surface area contributed by atoms with Crippen LogP contribution < -0.4 is 10.5 Å². The maximum Gasteiger partial charge on any atom is 0.248 e. The summed E-state index contributed by atoms with van der Waals surface area (Å²) in [7, 11) is -3.85. The predicted octanol–water partition coefficient (Wildman–Crippen LogP) is 3.60. The van der Waals surface area contributed by atoms with Crippen LogP contribution in [-0.2, 0) is 14.8 Å². The first-order chi connectivity index (χ1) is 11.2. The number of aryl methyl sites for hydroxylation is 1. The average molecular weight is 385 g/mol. The Morgan fingerprint density at radius 2 is 1.83 bits per heavy atom. The molecule has 0 saturated carbocycles. The van der Waals surface area contributed by atoms with Crippen molar-refractivity contribution in [3.05, 3.63) is 63.6 Å². The summed E-state index contributed by atoms with van der Waals surface area (Å²) < 4.78 is 23.0. The van der Waals surface area contributed by atoms with E-state index in [-0.39, 0.29) is 4.90 Å². The number of primary sulfonamides is 1. The summed E-state index contributed by atoms with van der Waals surface area (Å²) in [5, 5.41) is 8.52. The summed E-state index contributed by atoms with van der Waals surface area (Å²) in [6.45, 7) is 1.62. The van der Waals surface area contributed by atoms with Crippen LogP contribution in [-0.4, -0.2) is 14.3 Å². The molecule has 0 aliphatic rings. The van der Waals surface area contributed by atoms with Gasteiger partial charge in [0.1, 0.15) is 0 Å². The number of benzene rings is 2. The lowest BCUT2D eigenvalue weighted by atomic mass is 10.2. The molecule has 2 aromatic carbocycles. The minimum Gasteiger partial charge on any atom is -0.322 e. The van der Waals surface area contributed by atoms with Gasteiger partial charge in [0, 0.05) is 11.8 Å². The molecule has 0 spiro atoms. The maximum atomic E-state index is 11.9. The number of hydrogen-bond donors (Lipinski definition) is 2. The normalized spacial score (nSPS) is 11.7. The molecule has 0 saturated heterocycles. The van der Waals surface area contributed by atoms with E-state index < -0.39 is 15.9 Å². The van der Waals surface area contributed by atoms with Crippen LogP contribution in [0.1, 0.15) is 11.1 Å². The highest BCUT2D eigenvalue weighted by Gasteiger charge is 2.12. The Bertz CT molecular complexity index is 925. The zero-order chi connectivity index (χ0) is 17.9. The van der Waals surface area contributed by atoms with E-state index in [1.165, 1.54) is 12.1 Å². The molecule has 0 aliphatic carbocycles. The molecule has 2 aromatic rings. The lowest BCUT2D eigenvalue weighted by molar-refractivity contribution is -0.111. The molecule has 8 heteroatoms. The highest BCUT2D eigenvalue weighted by atomic mass is 35.5. The van der Waals surface area contributed by atoms with E-state index in [1.807, 2.05) is 0 Å². The Morgan fingerprint density at radius 3 is 2.46 bits per heavy atom. The molecule has 0 radical (unpaired) electrons. The van der Waals surface area contributed by atoms with Crippen LogP contribution in [0, 0.1) is 6.92 Å². The monoisotopic (exact) mass is 384 g/mol. The number of rotatable bonds is 4. The fourth-order valence-electron chi connectivity index (χ4n) is 1.96. The van der Waals surface area contributed by atoms with Crippen LogP contribution in [0.3, 0.4) is 0 Å². The van der Waals surface area contributed by atoms with Crippen molar-refractivity contribution in [3.8, 4) is 0 Å². The van der Waals surface area contributed by atoms with Gasteiger partial charge in [-0.1, -0.05) is 35.3 Å². The van der Waals surface area contributed by atoms with Crippen molar-refractivity contribution in [3.63, 3.8) is 0 Å². The van der Waals surface area contributed by atoms with Crippen LogP contribution in [0.15, 0.2) is 47.4 Å². The SMILES string of the molecule is Cc1ccc(NC(=O)/C=C/c2ccc(Cl)c(Cl)c2)cc1S(N)(=O)=O. The second-order valence-electron chi connectivity index (χ2n) is 5.02. The molecular weight excluding hydrogens is 371 g/mol. The van der Waals surface area contributed by atoms with E-state index in [4.69, 9.17) is 28.3 Å². The molecule has 0 aliphatic heterocycles. The first-order valence-electron chi connectivity index (χ1n) is 6.74. The van der Waals surface area contributed by atoms with Crippen molar-refractivity contribution in [1.29, 1.82) is 0 Å². The van der Waals surface area contributed by atoms with Gasteiger partial charge in [0.05, 0.1) is 14.9 Å². The lowest BCUT2D eigenvalue weighted by Crippen LogP contribution is -2.15. The van der Waals surface area contributed by atoms with Crippen LogP contribution in [0.25, 0.3) is 6.08 Å². The molecule has 126 valence electrons. The van der Waals surface area contributed by atoms with Gasteiger partial charge in [-0.2, -0.15) is 0 Å². The predicted molar refractivity (Wildman–Crippen MR) is 96.7 cm³/mol. The molecule has 0 bridgehead atoms. The zero-order valence-electron chi connectivity index (χ0n) is 12.6. The van der Waals surface area contributed by atoms with Gasteiger partial charge in [-0.25, -0.2) is 13.6 Å². The third kappa shape index (κ3) is 4.82. The zero-order valence-corrected chi connectivity index (χ0v) is 14.9. The Labute approximate surface area is 150 Å². The second kappa shape index (κ2) is 7.36. The summed E-state index contributed by atoms with van der Waals surface area (Å²) in [6.07, 6.45) is 2.86. The third-order valence-electron chi connectivity index (χ3n) is 3.13. The maximum absolute atomic E-state index is 11.9. The largest absolute Gasteiger partial charge is 0.322 e. The van der Waals surface area contributed by atoms with Crippen molar-refractivity contribution in [2.45, 2.75) is 11.8 Å². The minimum atomic E-state index is -3.85. The number of hydrogen-bond acceptors (Lipinski definition) is 3. The van der Waals surface area contributed by atoms with Gasteiger partial charge in [0.15, 0.2) is 0 Å². The smallest absolute Gasteiger partial charge is 0.248 e. The summed E-state index contributed by atoms with van der Waals surface area (Å²) in [6, 6.07) is 9.43. The summed E-state index contributed by atoms with van der Waals surface area (Å²) >= 11 is 11.7. The van der Waals surface area contributed by atoms with Gasteiger partial charge < -0.3 is 5.32 Å². The highest BCUT2D eigenvalue weighted by molar-refractivity contribution is 7.89. The molecule has 2 rings (SSSR count). The number of halogens is 2. The van der Waals surface area contributed by atoms with Crippen LogP contribution in [0.4, 0.5) is 5.69 Å². The van der Waals surface area contributed by atoms with E-state index in [2.05, 4.69) is 5.32 Å². The van der Waals surface area contributed by atoms with Crippen LogP contribution in [0.5, 0.6) is 0 Å². The van der Waals surface area contributed by atoms with Gasteiger partial charge >= 0.3 is 0 Å². The summed E-state index contributed by atoms with van der Waals surface area (Å²) in [5.41, 5.74) is 1.53. The number of nitrogens with two attached hydrogens (primary N) is 1. The Morgan fingerprint density at radius 1 is 1.12 bits per heavy atom. The average Bonchev–Trinajstić information content (AvgIpc) is 2.49. The van der Waals surface area contributed by atoms with Gasteiger partial charge in [0.25, 0.3) is 0 Å².